The lowest BCUT2D eigenvalue weighted by Gasteiger charge is -2.30. The fourth-order valence-electron chi connectivity index (χ4n) is 5.64. The molecular formula is C28H36ClN5O6S. The number of anilines is 1. The molecule has 4 amide bonds. The second-order valence-corrected chi connectivity index (χ2v) is 13.3. The van der Waals surface area contributed by atoms with Gasteiger partial charge >= 0.3 is 10.2 Å². The van der Waals surface area contributed by atoms with Crippen molar-refractivity contribution in [2.45, 2.75) is 81.8 Å². The number of rotatable bonds is 6. The number of hydrogen-bond acceptors (Lipinski definition) is 6. The van der Waals surface area contributed by atoms with Gasteiger partial charge in [0.1, 0.15) is 17.6 Å². The number of nitrogens with one attached hydrogen (secondary N) is 4. The summed E-state index contributed by atoms with van der Waals surface area (Å²) in [5.41, 5.74) is -1.24. The molecule has 4 N–H and O–H groups in total. The molecule has 5 rings (SSSR count). The summed E-state index contributed by atoms with van der Waals surface area (Å²) in [6.07, 6.45) is 10.4. The minimum absolute atomic E-state index is 0.0437. The largest absolute Gasteiger partial charge is 0.344 e. The molecule has 0 spiro atoms. The third-order valence-electron chi connectivity index (χ3n) is 8.22. The number of amides is 4. The Labute approximate surface area is 245 Å². The molecular weight excluding hydrogens is 570 g/mol. The van der Waals surface area contributed by atoms with Crippen LogP contribution in [0.1, 0.15) is 64.2 Å². The summed E-state index contributed by atoms with van der Waals surface area (Å²) >= 11 is 5.87. The van der Waals surface area contributed by atoms with Gasteiger partial charge in [0.2, 0.25) is 17.7 Å². The van der Waals surface area contributed by atoms with E-state index in [1.54, 1.807) is 0 Å². The van der Waals surface area contributed by atoms with Crippen LogP contribution in [-0.4, -0.2) is 61.1 Å². The molecule has 13 heteroatoms. The zero-order valence-corrected chi connectivity index (χ0v) is 24.3. The average molecular weight is 606 g/mol. The topological polar surface area (TPSA) is 154 Å². The zero-order chi connectivity index (χ0) is 29.2. The number of allylic oxidation sites excluding steroid dienone is 1. The van der Waals surface area contributed by atoms with Crippen molar-refractivity contribution in [2.24, 2.45) is 11.8 Å². The molecule has 0 radical (unpaired) electrons. The van der Waals surface area contributed by atoms with Crippen LogP contribution in [0.3, 0.4) is 0 Å². The first-order valence-electron chi connectivity index (χ1n) is 14.3. The highest BCUT2D eigenvalue weighted by atomic mass is 35.5. The summed E-state index contributed by atoms with van der Waals surface area (Å²) in [4.78, 5) is 54.7. The van der Waals surface area contributed by atoms with E-state index in [9.17, 15) is 27.6 Å². The van der Waals surface area contributed by atoms with E-state index in [0.717, 1.165) is 38.5 Å². The number of carbonyl (C=O) groups excluding carboxylic acids is 4. The molecule has 1 aromatic carbocycles. The minimum Gasteiger partial charge on any atom is -0.344 e. The van der Waals surface area contributed by atoms with Gasteiger partial charge in [-0.3, -0.25) is 23.9 Å². The van der Waals surface area contributed by atoms with Gasteiger partial charge in [0, 0.05) is 23.4 Å². The van der Waals surface area contributed by atoms with Gasteiger partial charge in [0.15, 0.2) is 0 Å². The highest BCUT2D eigenvalue weighted by molar-refractivity contribution is 7.91. The van der Waals surface area contributed by atoms with Gasteiger partial charge in [-0.05, 0) is 75.6 Å². The molecule has 2 saturated carbocycles. The number of nitrogens with zero attached hydrogens (tertiary/aromatic N) is 1. The van der Waals surface area contributed by atoms with Crippen LogP contribution in [0.15, 0.2) is 36.4 Å². The van der Waals surface area contributed by atoms with E-state index in [-0.39, 0.29) is 29.8 Å². The number of benzene rings is 1. The van der Waals surface area contributed by atoms with Crippen LogP contribution in [0.5, 0.6) is 0 Å². The Morgan fingerprint density at radius 1 is 1.00 bits per heavy atom. The molecule has 2 aliphatic carbocycles. The monoisotopic (exact) mass is 605 g/mol. The Balaban J connectivity index is 1.33. The molecule has 11 nitrogen and oxygen atoms in total. The third-order valence-corrected chi connectivity index (χ3v) is 9.43. The molecule has 0 bridgehead atoms. The first kappa shape index (κ1) is 29.4. The first-order valence-corrected chi connectivity index (χ1v) is 16.1. The Morgan fingerprint density at radius 2 is 1.76 bits per heavy atom. The summed E-state index contributed by atoms with van der Waals surface area (Å²) < 4.78 is 29.9. The van der Waals surface area contributed by atoms with Crippen LogP contribution in [0, 0.1) is 11.8 Å². The van der Waals surface area contributed by atoms with Crippen molar-refractivity contribution >= 4 is 51.1 Å². The standard InChI is InChI=1S/C28H36ClN5O6S/c29-20-12-14-21(15-13-20)32-41(39,40)33-27(38)28-17-19(28)7-4-2-1-3-5-8-22(30-24(35)18-10-11-18)26(37)34-16-6-9-23(34)25(36)31-28/h4,7,12-15,18-19,22-23,32H,1-3,5-6,8-11,16-17H2,(H,30,35)(H,31,36)(H,33,38)/t19-,22+,23+,28-/m1/s1. The number of halogens is 1. The summed E-state index contributed by atoms with van der Waals surface area (Å²) in [5.74, 6) is -2.19. The zero-order valence-electron chi connectivity index (χ0n) is 22.7. The smallest absolute Gasteiger partial charge is 0.323 e. The lowest BCUT2D eigenvalue weighted by molar-refractivity contribution is -0.142. The van der Waals surface area contributed by atoms with Gasteiger partial charge in [0.25, 0.3) is 5.91 Å². The summed E-state index contributed by atoms with van der Waals surface area (Å²) in [5, 5.41) is 6.16. The predicted octanol–water partition coefficient (Wildman–Crippen LogP) is 2.39. The van der Waals surface area contributed by atoms with Crippen LogP contribution in [0.4, 0.5) is 5.69 Å². The van der Waals surface area contributed by atoms with Gasteiger partial charge in [-0.1, -0.05) is 36.6 Å². The number of hydrogen-bond donors (Lipinski definition) is 4. The van der Waals surface area contributed by atoms with Crippen LogP contribution >= 0.6 is 11.6 Å². The molecule has 3 fully saturated rings. The summed E-state index contributed by atoms with van der Waals surface area (Å²) in [6, 6.07) is 4.44. The highest BCUT2D eigenvalue weighted by Gasteiger charge is 2.61. The van der Waals surface area contributed by atoms with E-state index in [0.29, 0.717) is 30.8 Å². The lowest BCUT2D eigenvalue weighted by atomic mass is 10.0. The van der Waals surface area contributed by atoms with E-state index in [1.165, 1.54) is 29.2 Å². The maximum Gasteiger partial charge on any atom is 0.323 e. The molecule has 1 saturated heterocycles. The van der Waals surface area contributed by atoms with Crippen molar-refractivity contribution in [1.82, 2.24) is 20.3 Å². The van der Waals surface area contributed by atoms with Gasteiger partial charge in [0.05, 0.1) is 5.69 Å². The minimum atomic E-state index is -4.31. The number of fused-ring (bicyclic) bond motifs is 2. The van der Waals surface area contributed by atoms with E-state index < -0.39 is 45.6 Å². The molecule has 4 atom stereocenters. The van der Waals surface area contributed by atoms with Crippen molar-refractivity contribution in [1.29, 1.82) is 0 Å². The molecule has 0 unspecified atom stereocenters. The molecule has 41 heavy (non-hydrogen) atoms. The van der Waals surface area contributed by atoms with Crippen LogP contribution < -0.4 is 20.1 Å². The van der Waals surface area contributed by atoms with Gasteiger partial charge in [-0.15, -0.1) is 0 Å². The fourth-order valence-corrected chi connectivity index (χ4v) is 6.69. The molecule has 1 aromatic rings. The van der Waals surface area contributed by atoms with E-state index in [1.807, 2.05) is 12.2 Å². The molecule has 0 aromatic heterocycles. The van der Waals surface area contributed by atoms with Crippen molar-refractivity contribution in [3.8, 4) is 0 Å². The van der Waals surface area contributed by atoms with E-state index in [2.05, 4.69) is 20.1 Å². The van der Waals surface area contributed by atoms with Gasteiger partial charge in [-0.25, -0.2) is 4.72 Å². The van der Waals surface area contributed by atoms with Gasteiger partial charge < -0.3 is 15.5 Å². The van der Waals surface area contributed by atoms with E-state index >= 15 is 0 Å². The normalized spacial score (nSPS) is 28.8. The van der Waals surface area contributed by atoms with Crippen molar-refractivity contribution < 1.29 is 27.6 Å². The summed E-state index contributed by atoms with van der Waals surface area (Å²) in [7, 11) is -4.31. The highest BCUT2D eigenvalue weighted by Crippen LogP contribution is 2.45. The maximum absolute atomic E-state index is 13.6. The van der Waals surface area contributed by atoms with Crippen LogP contribution in [0.25, 0.3) is 0 Å². The number of carbonyl (C=O) groups is 4. The quantitative estimate of drug-likeness (QED) is 0.365. The summed E-state index contributed by atoms with van der Waals surface area (Å²) in [6.45, 7) is 0.370. The molecule has 2 heterocycles. The van der Waals surface area contributed by atoms with Crippen LogP contribution in [-0.2, 0) is 29.4 Å². The lowest BCUT2D eigenvalue weighted by Crippen LogP contribution is -2.58. The van der Waals surface area contributed by atoms with Crippen LogP contribution in [0.2, 0.25) is 5.02 Å². The fraction of sp³-hybridized carbons (Fsp3) is 0.571. The third kappa shape index (κ3) is 7.03. The SMILES string of the molecule is O=C(N[C@H]1CCCCCC=C[C@@H]2C[C@@]2(C(=O)NS(=O)(=O)Nc2ccc(Cl)cc2)NC(=O)[C@@H]2CCCN2C1=O)C1CC1. The molecule has 222 valence electrons. The second-order valence-electron chi connectivity index (χ2n) is 11.4. The average Bonchev–Trinajstić information content (AvgIpc) is 3.84. The first-order chi connectivity index (χ1) is 19.6. The van der Waals surface area contributed by atoms with Crippen molar-refractivity contribution in [2.75, 3.05) is 11.3 Å². The Bertz CT molecular complexity index is 1330. The Hall–Kier alpha value is -3.12. The molecule has 4 aliphatic rings. The maximum atomic E-state index is 13.6. The Morgan fingerprint density at radius 3 is 2.49 bits per heavy atom. The second kappa shape index (κ2) is 12.0. The van der Waals surface area contributed by atoms with Crippen molar-refractivity contribution in [3.05, 3.63) is 41.4 Å². The van der Waals surface area contributed by atoms with Crippen molar-refractivity contribution in [3.63, 3.8) is 0 Å². The molecule has 2 aliphatic heterocycles. The predicted molar refractivity (Wildman–Crippen MR) is 153 cm³/mol. The van der Waals surface area contributed by atoms with Gasteiger partial charge in [-0.2, -0.15) is 8.42 Å². The van der Waals surface area contributed by atoms with E-state index in [4.69, 9.17) is 11.6 Å². The Kier molecular flexibility index (Phi) is 8.60.